The summed E-state index contributed by atoms with van der Waals surface area (Å²) in [6.45, 7) is 1.84. The van der Waals surface area contributed by atoms with Gasteiger partial charge in [0.1, 0.15) is 10.7 Å². The van der Waals surface area contributed by atoms with E-state index < -0.39 is 17.7 Å². The number of thiophene rings is 1. The molecular formula is C26H20ClFN2O3S. The molecule has 4 rings (SSSR count). The van der Waals surface area contributed by atoms with Crippen molar-refractivity contribution in [3.05, 3.63) is 111 Å². The topological polar surface area (TPSA) is 82.8 Å². The van der Waals surface area contributed by atoms with Crippen molar-refractivity contribution in [2.24, 2.45) is 5.16 Å². The van der Waals surface area contributed by atoms with Gasteiger partial charge in [-0.05, 0) is 60.0 Å². The molecule has 2 N–H and O–H groups in total. The Kier molecular flexibility index (Phi) is 7.05. The zero-order valence-electron chi connectivity index (χ0n) is 18.1. The van der Waals surface area contributed by atoms with Crippen molar-refractivity contribution in [2.45, 2.75) is 19.3 Å². The van der Waals surface area contributed by atoms with Gasteiger partial charge in [-0.2, -0.15) is 0 Å². The van der Waals surface area contributed by atoms with Crippen molar-refractivity contribution in [3.8, 4) is 10.4 Å². The van der Waals surface area contributed by atoms with Crippen LogP contribution in [0.5, 0.6) is 0 Å². The molecule has 0 fully saturated rings. The summed E-state index contributed by atoms with van der Waals surface area (Å²) in [6, 6.07) is 18.9. The molecule has 5 nitrogen and oxygen atoms in total. The number of aryl methyl sites for hydroxylation is 1. The van der Waals surface area contributed by atoms with Gasteiger partial charge in [0.25, 0.3) is 0 Å². The normalized spacial score (nSPS) is 12.5. The fourth-order valence-electron chi connectivity index (χ4n) is 3.81. The Bertz CT molecular complexity index is 1370. The highest BCUT2D eigenvalue weighted by Crippen LogP contribution is 2.35. The van der Waals surface area contributed by atoms with E-state index in [4.69, 9.17) is 11.6 Å². The second-order valence-electron chi connectivity index (χ2n) is 7.75. The minimum absolute atomic E-state index is 0.236. The Morgan fingerprint density at radius 2 is 1.88 bits per heavy atom. The van der Waals surface area contributed by atoms with Crippen LogP contribution >= 0.6 is 22.9 Å². The minimum atomic E-state index is -0.965. The van der Waals surface area contributed by atoms with Crippen LogP contribution in [0.2, 0.25) is 5.02 Å². The predicted octanol–water partition coefficient (Wildman–Crippen LogP) is 7.01. The summed E-state index contributed by atoms with van der Waals surface area (Å²) in [5, 5.41) is 22.8. The maximum atomic E-state index is 15.0. The molecule has 8 heteroatoms. The lowest BCUT2D eigenvalue weighted by Gasteiger charge is -2.20. The molecule has 0 aliphatic heterocycles. The first kappa shape index (κ1) is 23.6. The summed E-state index contributed by atoms with van der Waals surface area (Å²) in [6.07, 6.45) is 1.87. The van der Waals surface area contributed by atoms with Crippen LogP contribution in [-0.2, 0) is 0 Å². The second-order valence-corrected chi connectivity index (χ2v) is 9.27. The molecule has 172 valence electrons. The van der Waals surface area contributed by atoms with Crippen molar-refractivity contribution in [1.29, 1.82) is 0 Å². The summed E-state index contributed by atoms with van der Waals surface area (Å²) >= 11 is 7.16. The Morgan fingerprint density at radius 3 is 2.50 bits per heavy atom. The van der Waals surface area contributed by atoms with Crippen LogP contribution in [0.4, 0.5) is 4.39 Å². The van der Waals surface area contributed by atoms with Crippen LogP contribution in [0.1, 0.15) is 44.4 Å². The maximum absolute atomic E-state index is 15.0. The van der Waals surface area contributed by atoms with Crippen molar-refractivity contribution >= 4 is 34.6 Å². The van der Waals surface area contributed by atoms with E-state index >= 15 is 0 Å². The van der Waals surface area contributed by atoms with Crippen LogP contribution in [0.25, 0.3) is 10.4 Å². The molecule has 0 bridgehead atoms. The molecular weight excluding hydrogens is 475 g/mol. The lowest BCUT2D eigenvalue weighted by atomic mass is 9.85. The van der Waals surface area contributed by atoms with Gasteiger partial charge in [0.2, 0.25) is 0 Å². The van der Waals surface area contributed by atoms with Crippen molar-refractivity contribution < 1.29 is 19.5 Å². The summed E-state index contributed by atoms with van der Waals surface area (Å²) < 4.78 is 15.0. The van der Waals surface area contributed by atoms with E-state index in [1.165, 1.54) is 17.4 Å². The second kappa shape index (κ2) is 10.2. The van der Waals surface area contributed by atoms with Crippen LogP contribution in [-0.4, -0.2) is 27.0 Å². The van der Waals surface area contributed by atoms with Gasteiger partial charge in [0.05, 0.1) is 5.71 Å². The number of carboxylic acids is 1. The fraction of sp³-hybridized carbons (Fsp3) is 0.115. The number of aromatic nitrogens is 1. The monoisotopic (exact) mass is 494 g/mol. The molecule has 0 aliphatic carbocycles. The van der Waals surface area contributed by atoms with Gasteiger partial charge < -0.3 is 10.3 Å². The average Bonchev–Trinajstić information content (AvgIpc) is 3.32. The number of carbonyl (C=O) groups is 1. The number of aromatic carboxylic acids is 1. The van der Waals surface area contributed by atoms with E-state index in [1.807, 2.05) is 37.3 Å². The van der Waals surface area contributed by atoms with Gasteiger partial charge >= 0.3 is 5.97 Å². The van der Waals surface area contributed by atoms with Gasteiger partial charge in [-0.1, -0.05) is 47.1 Å². The number of rotatable bonds is 7. The fourth-order valence-corrected chi connectivity index (χ4v) is 4.82. The van der Waals surface area contributed by atoms with Crippen molar-refractivity contribution in [1.82, 2.24) is 4.98 Å². The summed E-state index contributed by atoms with van der Waals surface area (Å²) in [4.78, 5) is 16.5. The summed E-state index contributed by atoms with van der Waals surface area (Å²) in [5.41, 5.74) is 3.97. The van der Waals surface area contributed by atoms with Crippen LogP contribution in [0.3, 0.4) is 0 Å². The molecule has 0 saturated carbocycles. The molecule has 4 aromatic rings. The number of nitrogens with zero attached hydrogens (tertiary/aromatic N) is 2. The van der Waals surface area contributed by atoms with E-state index in [0.29, 0.717) is 21.9 Å². The van der Waals surface area contributed by atoms with Crippen molar-refractivity contribution in [3.63, 3.8) is 0 Å². The number of hydrogen-bond acceptors (Lipinski definition) is 5. The average molecular weight is 495 g/mol. The Morgan fingerprint density at radius 1 is 1.12 bits per heavy atom. The van der Waals surface area contributed by atoms with Gasteiger partial charge in [0.15, 0.2) is 0 Å². The lowest BCUT2D eigenvalue weighted by molar-refractivity contribution is 0.0702. The molecule has 0 radical (unpaired) electrons. The first-order chi connectivity index (χ1) is 16.4. The Balaban J connectivity index is 1.72. The lowest BCUT2D eigenvalue weighted by Crippen LogP contribution is -2.12. The number of oxime groups is 1. The number of carboxylic acid groups (broad SMARTS) is 1. The molecule has 2 aromatic heterocycles. The zero-order chi connectivity index (χ0) is 24.2. The molecule has 34 heavy (non-hydrogen) atoms. The third kappa shape index (κ3) is 5.16. The largest absolute Gasteiger partial charge is 0.477 e. The third-order valence-electron chi connectivity index (χ3n) is 5.50. The molecule has 0 spiro atoms. The van der Waals surface area contributed by atoms with Gasteiger partial charge in [-0.15, -0.1) is 11.3 Å². The quantitative estimate of drug-likeness (QED) is 0.164. The molecule has 1 unspecified atom stereocenters. The van der Waals surface area contributed by atoms with E-state index in [2.05, 4.69) is 10.1 Å². The highest BCUT2D eigenvalue weighted by Gasteiger charge is 2.22. The minimum Gasteiger partial charge on any atom is -0.477 e. The highest BCUT2D eigenvalue weighted by molar-refractivity contribution is 7.17. The van der Waals surface area contributed by atoms with E-state index in [9.17, 15) is 19.5 Å². The number of hydrogen-bond donors (Lipinski definition) is 2. The predicted molar refractivity (Wildman–Crippen MR) is 132 cm³/mol. The highest BCUT2D eigenvalue weighted by atomic mass is 35.5. The van der Waals surface area contributed by atoms with Crippen LogP contribution in [0.15, 0.2) is 78.1 Å². The molecule has 2 aromatic carbocycles. The van der Waals surface area contributed by atoms with Crippen molar-refractivity contribution in [2.75, 3.05) is 0 Å². The van der Waals surface area contributed by atoms with E-state index in [0.717, 1.165) is 21.7 Å². The molecule has 2 heterocycles. The first-order valence-electron chi connectivity index (χ1n) is 10.4. The number of halogens is 2. The smallest absolute Gasteiger partial charge is 0.345 e. The van der Waals surface area contributed by atoms with E-state index in [1.54, 1.807) is 36.5 Å². The third-order valence-corrected chi connectivity index (χ3v) is 6.86. The van der Waals surface area contributed by atoms with E-state index in [-0.39, 0.29) is 11.3 Å². The summed E-state index contributed by atoms with van der Waals surface area (Å²) in [7, 11) is 0. The zero-order valence-corrected chi connectivity index (χ0v) is 19.6. The number of pyridine rings is 1. The number of benzene rings is 2. The molecule has 0 aliphatic rings. The van der Waals surface area contributed by atoms with Gasteiger partial charge in [-0.25, -0.2) is 9.18 Å². The molecule has 0 amide bonds. The standard InChI is InChI=1S/C26H20ClFN2O3S/c1-15-12-18(10-11-29-15)23(30-33)14-21(20-7-6-19(27)13-22(20)28)16-2-4-17(5-3-16)24-8-9-25(34-24)26(31)32/h2-13,21,33H,14H2,1H3,(H,31,32)/b30-23+. The molecule has 1 atom stereocenters. The van der Waals surface area contributed by atoms with Crippen LogP contribution in [0, 0.1) is 12.7 Å². The Hall–Kier alpha value is -3.55. The first-order valence-corrected chi connectivity index (χ1v) is 11.6. The van der Waals surface area contributed by atoms with Crippen LogP contribution < -0.4 is 0 Å². The van der Waals surface area contributed by atoms with Gasteiger partial charge in [-0.3, -0.25) is 4.98 Å². The Labute approximate surface area is 204 Å². The molecule has 0 saturated heterocycles. The summed E-state index contributed by atoms with van der Waals surface area (Å²) in [5.74, 6) is -1.87. The SMILES string of the molecule is Cc1cc(/C(CC(c2ccc(-c3ccc(C(=O)O)s3)cc2)c2ccc(Cl)cc2F)=N/O)ccn1. The maximum Gasteiger partial charge on any atom is 0.345 e. The van der Waals surface area contributed by atoms with Gasteiger partial charge in [0, 0.05) is 39.7 Å².